The number of aryl methyl sites for hydroxylation is 2. The van der Waals surface area contributed by atoms with E-state index in [1.807, 2.05) is 19.9 Å². The van der Waals surface area contributed by atoms with E-state index in [9.17, 15) is 9.90 Å². The smallest absolute Gasteiger partial charge is 0.275 e. The molecular formula is C17H22N6O2S. The number of rotatable bonds is 5. The fraction of sp³-hybridized carbons (Fsp3) is 0.529. The van der Waals surface area contributed by atoms with E-state index >= 15 is 0 Å². The second-order valence-electron chi connectivity index (χ2n) is 6.90. The Bertz CT molecular complexity index is 977. The van der Waals surface area contributed by atoms with E-state index in [0.717, 1.165) is 41.5 Å². The van der Waals surface area contributed by atoms with Crippen molar-refractivity contribution in [2.75, 3.05) is 13.1 Å². The fourth-order valence-electron chi connectivity index (χ4n) is 3.47. The molecule has 0 saturated carbocycles. The molecule has 0 amide bonds. The molecule has 9 heteroatoms. The van der Waals surface area contributed by atoms with E-state index in [2.05, 4.69) is 25.2 Å². The summed E-state index contributed by atoms with van der Waals surface area (Å²) in [6.07, 6.45) is 1.13. The van der Waals surface area contributed by atoms with E-state index in [1.54, 1.807) is 6.07 Å². The van der Waals surface area contributed by atoms with Gasteiger partial charge in [-0.1, -0.05) is 18.3 Å². The maximum atomic E-state index is 12.3. The number of hydrogen-bond donors (Lipinski definition) is 2. The molecule has 4 rings (SSSR count). The summed E-state index contributed by atoms with van der Waals surface area (Å²) in [6, 6.07) is 3.56. The predicted molar refractivity (Wildman–Crippen MR) is 98.3 cm³/mol. The number of aliphatic hydroxyl groups is 1. The predicted octanol–water partition coefficient (Wildman–Crippen LogP) is 0.780. The molecule has 0 unspecified atom stereocenters. The molecular weight excluding hydrogens is 352 g/mol. The third-order valence-electron chi connectivity index (χ3n) is 4.74. The second-order valence-corrected chi connectivity index (χ2v) is 7.94. The molecule has 1 saturated heterocycles. The monoisotopic (exact) mass is 374 g/mol. The number of aromatic amines is 1. The molecule has 26 heavy (non-hydrogen) atoms. The number of fused-ring (bicyclic) bond motifs is 1. The van der Waals surface area contributed by atoms with Crippen LogP contribution < -0.4 is 5.56 Å². The summed E-state index contributed by atoms with van der Waals surface area (Å²) in [4.78, 5) is 19.6. The Labute approximate surface area is 154 Å². The maximum absolute atomic E-state index is 12.3. The average molecular weight is 374 g/mol. The van der Waals surface area contributed by atoms with Gasteiger partial charge in [-0.05, 0) is 25.8 Å². The average Bonchev–Trinajstić information content (AvgIpc) is 3.28. The van der Waals surface area contributed by atoms with Crippen LogP contribution >= 0.6 is 11.3 Å². The van der Waals surface area contributed by atoms with Crippen molar-refractivity contribution in [1.82, 2.24) is 29.7 Å². The second kappa shape index (κ2) is 6.90. The van der Waals surface area contributed by atoms with E-state index in [4.69, 9.17) is 0 Å². The van der Waals surface area contributed by atoms with Gasteiger partial charge in [-0.2, -0.15) is 14.7 Å². The summed E-state index contributed by atoms with van der Waals surface area (Å²) in [5.74, 6) is 0.137. The highest BCUT2D eigenvalue weighted by Crippen LogP contribution is 2.22. The van der Waals surface area contributed by atoms with Crippen molar-refractivity contribution in [3.8, 4) is 0 Å². The molecule has 0 bridgehead atoms. The van der Waals surface area contributed by atoms with Gasteiger partial charge in [0.1, 0.15) is 5.01 Å². The molecule has 0 aliphatic carbocycles. The summed E-state index contributed by atoms with van der Waals surface area (Å²) in [5, 5.41) is 22.8. The first-order valence-corrected chi connectivity index (χ1v) is 9.63. The number of H-pyrrole nitrogens is 1. The standard InChI is InChI=1S/C17H22N6O2S/c1-3-15-21-23-16(25)6-13(18-17(23)26-15)8-22-7-11(14(24)9-22)5-12-4-10(2)19-20-12/h4,6,11,14,24H,3,5,7-9H2,1-2H3,(H,19,20)/t11-,14+/m1/s1. The van der Waals surface area contributed by atoms with Crippen molar-refractivity contribution in [2.24, 2.45) is 5.92 Å². The Morgan fingerprint density at radius 2 is 2.19 bits per heavy atom. The third-order valence-corrected chi connectivity index (χ3v) is 5.79. The van der Waals surface area contributed by atoms with E-state index in [0.29, 0.717) is 18.1 Å². The van der Waals surface area contributed by atoms with Gasteiger partial charge in [-0.3, -0.25) is 14.8 Å². The number of likely N-dealkylation sites (tertiary alicyclic amines) is 1. The summed E-state index contributed by atoms with van der Waals surface area (Å²) < 4.78 is 1.37. The Morgan fingerprint density at radius 1 is 1.35 bits per heavy atom. The van der Waals surface area contributed by atoms with Crippen LogP contribution in [0.2, 0.25) is 0 Å². The number of aromatic nitrogens is 5. The summed E-state index contributed by atoms with van der Waals surface area (Å²) >= 11 is 1.45. The summed E-state index contributed by atoms with van der Waals surface area (Å²) in [7, 11) is 0. The minimum Gasteiger partial charge on any atom is -0.391 e. The Morgan fingerprint density at radius 3 is 2.92 bits per heavy atom. The Hall–Kier alpha value is -2.10. The van der Waals surface area contributed by atoms with Crippen molar-refractivity contribution in [2.45, 2.75) is 39.3 Å². The van der Waals surface area contributed by atoms with Gasteiger partial charge >= 0.3 is 0 Å². The zero-order chi connectivity index (χ0) is 18.3. The molecule has 3 aromatic rings. The molecule has 0 aromatic carbocycles. The molecule has 2 atom stereocenters. The van der Waals surface area contributed by atoms with E-state index in [1.165, 1.54) is 15.9 Å². The number of β-amino-alcohol motifs (C(OH)–C–C–N with tert-alkyl or cyclic N) is 1. The van der Waals surface area contributed by atoms with Crippen LogP contribution in [0.15, 0.2) is 16.9 Å². The lowest BCUT2D eigenvalue weighted by molar-refractivity contribution is 0.140. The summed E-state index contributed by atoms with van der Waals surface area (Å²) in [5.41, 5.74) is 2.58. The molecule has 4 heterocycles. The molecule has 3 aromatic heterocycles. The minimum absolute atomic E-state index is 0.137. The van der Waals surface area contributed by atoms with Crippen LogP contribution in [0.1, 0.15) is 29.0 Å². The lowest BCUT2D eigenvalue weighted by Gasteiger charge is -2.14. The molecule has 1 aliphatic rings. The van der Waals surface area contributed by atoms with Gasteiger partial charge in [0.25, 0.3) is 5.56 Å². The van der Waals surface area contributed by atoms with Crippen LogP contribution in [0, 0.1) is 12.8 Å². The minimum atomic E-state index is -0.396. The molecule has 1 aliphatic heterocycles. The number of nitrogens with zero attached hydrogens (tertiary/aromatic N) is 5. The van der Waals surface area contributed by atoms with Crippen molar-refractivity contribution in [3.05, 3.63) is 44.6 Å². The van der Waals surface area contributed by atoms with Crippen LogP contribution in [-0.2, 0) is 19.4 Å². The SMILES string of the molecule is CCc1nn2c(=O)cc(CN3C[C@@H](Cc4cc(C)[nH]n4)[C@@H](O)C3)nc2s1. The largest absolute Gasteiger partial charge is 0.391 e. The maximum Gasteiger partial charge on any atom is 0.275 e. The molecule has 0 radical (unpaired) electrons. The molecule has 1 fully saturated rings. The van der Waals surface area contributed by atoms with Gasteiger partial charge in [-0.15, -0.1) is 0 Å². The first-order chi connectivity index (χ1) is 12.5. The first kappa shape index (κ1) is 17.3. The van der Waals surface area contributed by atoms with Crippen LogP contribution in [0.5, 0.6) is 0 Å². The Kier molecular flexibility index (Phi) is 4.60. The van der Waals surface area contributed by atoms with Gasteiger partial charge in [0.15, 0.2) is 0 Å². The highest BCUT2D eigenvalue weighted by molar-refractivity contribution is 7.16. The van der Waals surface area contributed by atoms with E-state index < -0.39 is 6.10 Å². The highest BCUT2D eigenvalue weighted by atomic mass is 32.1. The normalized spacial score (nSPS) is 21.0. The van der Waals surface area contributed by atoms with Crippen LogP contribution in [0.3, 0.4) is 0 Å². The van der Waals surface area contributed by atoms with Crippen molar-refractivity contribution < 1.29 is 5.11 Å². The first-order valence-electron chi connectivity index (χ1n) is 8.82. The van der Waals surface area contributed by atoms with Crippen LogP contribution in [-0.4, -0.2) is 54.0 Å². The van der Waals surface area contributed by atoms with Crippen molar-refractivity contribution >= 4 is 16.3 Å². The molecule has 2 N–H and O–H groups in total. The van der Waals surface area contributed by atoms with Crippen molar-refractivity contribution in [1.29, 1.82) is 0 Å². The third kappa shape index (κ3) is 3.42. The Balaban J connectivity index is 1.47. The molecule has 138 valence electrons. The van der Waals surface area contributed by atoms with Gasteiger partial charge in [-0.25, -0.2) is 4.98 Å². The van der Waals surface area contributed by atoms with Gasteiger partial charge in [0.05, 0.1) is 17.5 Å². The lowest BCUT2D eigenvalue weighted by atomic mass is 10.0. The lowest BCUT2D eigenvalue weighted by Crippen LogP contribution is -2.24. The number of aliphatic hydroxyl groups excluding tert-OH is 1. The zero-order valence-electron chi connectivity index (χ0n) is 14.8. The molecule has 8 nitrogen and oxygen atoms in total. The topological polar surface area (TPSA) is 99.4 Å². The van der Waals surface area contributed by atoms with Crippen LogP contribution in [0.25, 0.3) is 4.96 Å². The van der Waals surface area contributed by atoms with Gasteiger partial charge < -0.3 is 5.11 Å². The fourth-order valence-corrected chi connectivity index (χ4v) is 4.33. The van der Waals surface area contributed by atoms with E-state index in [-0.39, 0.29) is 11.5 Å². The van der Waals surface area contributed by atoms with Crippen LogP contribution in [0.4, 0.5) is 0 Å². The van der Waals surface area contributed by atoms with Gasteiger partial charge in [0.2, 0.25) is 4.96 Å². The quantitative estimate of drug-likeness (QED) is 0.685. The zero-order valence-corrected chi connectivity index (χ0v) is 15.7. The number of hydrogen-bond acceptors (Lipinski definition) is 7. The van der Waals surface area contributed by atoms with Crippen molar-refractivity contribution in [3.63, 3.8) is 0 Å². The number of nitrogens with one attached hydrogen (secondary N) is 1. The highest BCUT2D eigenvalue weighted by Gasteiger charge is 2.32. The molecule has 0 spiro atoms. The summed E-state index contributed by atoms with van der Waals surface area (Å²) in [6.45, 7) is 5.88. The van der Waals surface area contributed by atoms with Gasteiger partial charge in [0, 0.05) is 37.3 Å².